The molecule has 1 saturated heterocycles. The summed E-state index contributed by atoms with van der Waals surface area (Å²) in [5.41, 5.74) is -0.355. The second-order valence-electron chi connectivity index (χ2n) is 8.81. The van der Waals surface area contributed by atoms with Crippen LogP contribution in [0.5, 0.6) is 5.75 Å². The highest BCUT2D eigenvalue weighted by atomic mass is 32.2. The van der Waals surface area contributed by atoms with Crippen LogP contribution in [0.2, 0.25) is 0 Å². The fourth-order valence-electron chi connectivity index (χ4n) is 3.27. The Hall–Kier alpha value is -1.91. The molecule has 2 N–H and O–H groups in total. The minimum absolute atomic E-state index is 0.0481. The number of amides is 1. The van der Waals surface area contributed by atoms with Crippen molar-refractivity contribution in [3.8, 4) is 5.75 Å². The number of piperidine rings is 1. The van der Waals surface area contributed by atoms with Gasteiger partial charge in [-0.2, -0.15) is 0 Å². The van der Waals surface area contributed by atoms with Gasteiger partial charge in [0.25, 0.3) is 0 Å². The van der Waals surface area contributed by atoms with Crippen molar-refractivity contribution in [2.24, 2.45) is 0 Å². The SMILES string of the molecule is CC(C)(C)OC(=O)N1CCCCC1COc1cnc(CO)cc1S(=O)(=O)NC1CC1. The highest BCUT2D eigenvalue weighted by molar-refractivity contribution is 7.89. The Morgan fingerprint density at radius 2 is 2.03 bits per heavy atom. The first kappa shape index (κ1) is 22.8. The summed E-state index contributed by atoms with van der Waals surface area (Å²) in [6.45, 7) is 5.78. The van der Waals surface area contributed by atoms with Crippen LogP contribution in [0.15, 0.2) is 17.2 Å². The number of hydrogen-bond acceptors (Lipinski definition) is 7. The molecule has 168 valence electrons. The average Bonchev–Trinajstić information content (AvgIpc) is 3.48. The molecule has 1 unspecified atom stereocenters. The molecule has 2 aliphatic rings. The van der Waals surface area contributed by atoms with E-state index in [1.165, 1.54) is 12.3 Å². The molecule has 1 aliphatic heterocycles. The molecule has 10 heteroatoms. The van der Waals surface area contributed by atoms with E-state index in [2.05, 4.69) is 9.71 Å². The topological polar surface area (TPSA) is 118 Å². The van der Waals surface area contributed by atoms with Crippen molar-refractivity contribution in [2.45, 2.75) is 82.1 Å². The minimum atomic E-state index is -3.80. The number of ether oxygens (including phenoxy) is 2. The number of aliphatic hydroxyl groups is 1. The van der Waals surface area contributed by atoms with Crippen LogP contribution in [0, 0.1) is 0 Å². The summed E-state index contributed by atoms with van der Waals surface area (Å²) < 4.78 is 39.5. The quantitative estimate of drug-likeness (QED) is 0.666. The zero-order chi connectivity index (χ0) is 21.9. The van der Waals surface area contributed by atoms with Crippen molar-refractivity contribution < 1.29 is 27.8 Å². The smallest absolute Gasteiger partial charge is 0.410 e. The van der Waals surface area contributed by atoms with Crippen molar-refractivity contribution >= 4 is 16.1 Å². The van der Waals surface area contributed by atoms with Crippen LogP contribution in [-0.2, 0) is 21.4 Å². The number of aromatic nitrogens is 1. The molecule has 1 amide bonds. The number of carbonyl (C=O) groups is 1. The summed E-state index contributed by atoms with van der Waals surface area (Å²) >= 11 is 0. The van der Waals surface area contributed by atoms with Crippen molar-refractivity contribution in [3.05, 3.63) is 18.0 Å². The third-order valence-electron chi connectivity index (χ3n) is 4.93. The number of sulfonamides is 1. The number of pyridine rings is 1. The summed E-state index contributed by atoms with van der Waals surface area (Å²) in [5, 5.41) is 9.36. The van der Waals surface area contributed by atoms with Crippen LogP contribution in [-0.4, -0.2) is 60.3 Å². The van der Waals surface area contributed by atoms with Crippen molar-refractivity contribution in [3.63, 3.8) is 0 Å². The largest absolute Gasteiger partial charge is 0.488 e. The Balaban J connectivity index is 1.75. The summed E-state index contributed by atoms with van der Waals surface area (Å²) in [5.74, 6) is 0.107. The molecule has 1 atom stereocenters. The maximum Gasteiger partial charge on any atom is 0.410 e. The van der Waals surface area contributed by atoms with Crippen molar-refractivity contribution in [1.29, 1.82) is 0 Å². The predicted octanol–water partition coefficient (Wildman–Crippen LogP) is 2.18. The van der Waals surface area contributed by atoms with Gasteiger partial charge in [-0.15, -0.1) is 0 Å². The number of rotatable bonds is 7. The molecular formula is C20H31N3O6S. The van der Waals surface area contributed by atoms with E-state index in [0.717, 1.165) is 32.1 Å². The van der Waals surface area contributed by atoms with Crippen LogP contribution in [0.3, 0.4) is 0 Å². The van der Waals surface area contributed by atoms with E-state index >= 15 is 0 Å². The number of nitrogens with one attached hydrogen (secondary N) is 1. The van der Waals surface area contributed by atoms with Crippen LogP contribution in [0.25, 0.3) is 0 Å². The van der Waals surface area contributed by atoms with Gasteiger partial charge in [-0.1, -0.05) is 0 Å². The number of hydrogen-bond donors (Lipinski definition) is 2. The van der Waals surface area contributed by atoms with Gasteiger partial charge >= 0.3 is 6.09 Å². The Morgan fingerprint density at radius 1 is 1.30 bits per heavy atom. The minimum Gasteiger partial charge on any atom is -0.488 e. The molecule has 1 aromatic heterocycles. The first-order valence-corrected chi connectivity index (χ1v) is 11.8. The van der Waals surface area contributed by atoms with E-state index in [9.17, 15) is 18.3 Å². The average molecular weight is 442 g/mol. The van der Waals surface area contributed by atoms with Gasteiger partial charge in [-0.05, 0) is 58.9 Å². The van der Waals surface area contributed by atoms with Gasteiger partial charge in [0.1, 0.15) is 17.1 Å². The first-order chi connectivity index (χ1) is 14.1. The van der Waals surface area contributed by atoms with Crippen LogP contribution >= 0.6 is 0 Å². The van der Waals surface area contributed by atoms with Gasteiger partial charge in [0, 0.05) is 12.6 Å². The lowest BCUT2D eigenvalue weighted by Gasteiger charge is -2.36. The van der Waals surface area contributed by atoms with Gasteiger partial charge < -0.3 is 19.5 Å². The summed E-state index contributed by atoms with van der Waals surface area (Å²) in [6.07, 6.45) is 5.10. The summed E-state index contributed by atoms with van der Waals surface area (Å²) in [7, 11) is -3.80. The van der Waals surface area contributed by atoms with Gasteiger partial charge in [-0.3, -0.25) is 4.98 Å². The van der Waals surface area contributed by atoms with E-state index in [1.54, 1.807) is 4.90 Å². The first-order valence-electron chi connectivity index (χ1n) is 10.3. The van der Waals surface area contributed by atoms with Gasteiger partial charge in [-0.25, -0.2) is 17.9 Å². The lowest BCUT2D eigenvalue weighted by atomic mass is 10.0. The molecule has 3 rings (SSSR count). The van der Waals surface area contributed by atoms with E-state index in [0.29, 0.717) is 6.54 Å². The second kappa shape index (κ2) is 9.07. The van der Waals surface area contributed by atoms with E-state index in [1.807, 2.05) is 20.8 Å². The fourth-order valence-corrected chi connectivity index (χ4v) is 4.74. The molecule has 0 radical (unpaired) electrons. The van der Waals surface area contributed by atoms with Gasteiger partial charge in [0.15, 0.2) is 5.75 Å². The monoisotopic (exact) mass is 441 g/mol. The Labute approximate surface area is 177 Å². The van der Waals surface area contributed by atoms with Crippen LogP contribution in [0.4, 0.5) is 4.79 Å². The standard InChI is InChI=1S/C20H31N3O6S/c1-20(2,3)29-19(25)23-9-5-4-6-16(23)13-28-17-11-21-15(12-24)10-18(17)30(26,27)22-14-7-8-14/h10-11,14,16,22,24H,4-9,12-13H2,1-3H3. The molecule has 9 nitrogen and oxygen atoms in total. The zero-order valence-electron chi connectivity index (χ0n) is 17.8. The number of likely N-dealkylation sites (tertiary alicyclic amines) is 1. The van der Waals surface area contributed by atoms with E-state index in [4.69, 9.17) is 9.47 Å². The fraction of sp³-hybridized carbons (Fsp3) is 0.700. The molecule has 1 aliphatic carbocycles. The molecule has 0 aromatic carbocycles. The van der Waals surface area contributed by atoms with Gasteiger partial charge in [0.05, 0.1) is 24.5 Å². The molecule has 0 bridgehead atoms. The highest BCUT2D eigenvalue weighted by Crippen LogP contribution is 2.29. The molecule has 30 heavy (non-hydrogen) atoms. The molecule has 1 aromatic rings. The molecule has 2 heterocycles. The summed E-state index contributed by atoms with van der Waals surface area (Å²) in [6, 6.07) is 1.04. The Morgan fingerprint density at radius 3 is 2.67 bits per heavy atom. The predicted molar refractivity (Wildman–Crippen MR) is 110 cm³/mol. The van der Waals surface area contributed by atoms with Crippen LogP contribution < -0.4 is 9.46 Å². The third kappa shape index (κ3) is 6.05. The number of aliphatic hydroxyl groups excluding tert-OH is 1. The van der Waals surface area contributed by atoms with Crippen molar-refractivity contribution in [2.75, 3.05) is 13.2 Å². The lowest BCUT2D eigenvalue weighted by molar-refractivity contribution is 0.00341. The van der Waals surface area contributed by atoms with Crippen LogP contribution in [0.1, 0.15) is 58.6 Å². The molecular weight excluding hydrogens is 410 g/mol. The Bertz CT molecular complexity index is 864. The lowest BCUT2D eigenvalue weighted by Crippen LogP contribution is -2.48. The molecule has 1 saturated carbocycles. The third-order valence-corrected chi connectivity index (χ3v) is 6.47. The highest BCUT2D eigenvalue weighted by Gasteiger charge is 2.33. The second-order valence-corrected chi connectivity index (χ2v) is 10.5. The van der Waals surface area contributed by atoms with Gasteiger partial charge in [0.2, 0.25) is 10.0 Å². The van der Waals surface area contributed by atoms with E-state index in [-0.39, 0.29) is 41.6 Å². The molecule has 2 fully saturated rings. The zero-order valence-corrected chi connectivity index (χ0v) is 18.6. The number of nitrogens with zero attached hydrogens (tertiary/aromatic N) is 2. The Kier molecular flexibility index (Phi) is 6.88. The van der Waals surface area contributed by atoms with E-state index < -0.39 is 21.7 Å². The normalized spacial score (nSPS) is 20.1. The maximum atomic E-state index is 12.8. The number of carbonyl (C=O) groups excluding carboxylic acids is 1. The maximum absolute atomic E-state index is 12.8. The van der Waals surface area contributed by atoms with Crippen molar-refractivity contribution in [1.82, 2.24) is 14.6 Å². The summed E-state index contributed by atoms with van der Waals surface area (Å²) in [4.78, 5) is 18.2. The molecule has 0 spiro atoms.